The van der Waals surface area contributed by atoms with Crippen molar-refractivity contribution in [3.8, 4) is 0 Å². The van der Waals surface area contributed by atoms with Gasteiger partial charge in [-0.1, -0.05) is 0 Å². The van der Waals surface area contributed by atoms with Crippen LogP contribution in [0, 0.1) is 11.8 Å². The van der Waals surface area contributed by atoms with E-state index in [2.05, 4.69) is 9.80 Å². The number of piperidine rings is 3. The minimum absolute atomic E-state index is 0.103. The molecule has 4 nitrogen and oxygen atoms in total. The van der Waals surface area contributed by atoms with Crippen LogP contribution in [0.25, 0.3) is 0 Å². The van der Waals surface area contributed by atoms with E-state index in [0.717, 1.165) is 32.5 Å². The summed E-state index contributed by atoms with van der Waals surface area (Å²) < 4.78 is 0. The fourth-order valence-electron chi connectivity index (χ4n) is 4.73. The number of aliphatic hydroxyl groups excluding tert-OH is 1. The molecule has 0 amide bonds. The van der Waals surface area contributed by atoms with Crippen molar-refractivity contribution in [1.82, 2.24) is 9.80 Å². The number of hydrogen-bond acceptors (Lipinski definition) is 4. The van der Waals surface area contributed by atoms with Gasteiger partial charge in [0.25, 0.3) is 0 Å². The molecule has 1 N–H and O–H groups in total. The molecule has 3 fully saturated rings. The molecule has 0 aliphatic carbocycles. The number of carbonyl (C=O) groups is 1. The van der Waals surface area contributed by atoms with E-state index >= 15 is 0 Å². The molecule has 4 rings (SSSR count). The molecule has 0 aromatic heterocycles. The first-order valence-corrected chi connectivity index (χ1v) is 7.59. The van der Waals surface area contributed by atoms with Gasteiger partial charge in [-0.05, 0) is 37.2 Å². The predicted octanol–water partition coefficient (Wildman–Crippen LogP) is 0.618. The van der Waals surface area contributed by atoms with Gasteiger partial charge in [-0.3, -0.25) is 9.69 Å². The van der Waals surface area contributed by atoms with Crippen molar-refractivity contribution in [2.24, 2.45) is 11.8 Å². The van der Waals surface area contributed by atoms with Crippen LogP contribution in [-0.2, 0) is 4.79 Å². The van der Waals surface area contributed by atoms with E-state index < -0.39 is 0 Å². The Hall–Kier alpha value is -0.870. The lowest BCUT2D eigenvalue weighted by atomic mass is 9.71. The Kier molecular flexibility index (Phi) is 2.71. The molecule has 4 aliphatic rings. The third-order valence-electron chi connectivity index (χ3n) is 5.63. The summed E-state index contributed by atoms with van der Waals surface area (Å²) in [6.07, 6.45) is 7.47. The highest BCUT2D eigenvalue weighted by Crippen LogP contribution is 2.42. The highest BCUT2D eigenvalue weighted by Gasteiger charge is 2.47. The number of carbonyl (C=O) groups excluding carboxylic acids is 1. The number of hydrogen-bond donors (Lipinski definition) is 1. The monoisotopic (exact) mass is 262 g/mol. The van der Waals surface area contributed by atoms with Crippen molar-refractivity contribution < 1.29 is 9.90 Å². The Morgan fingerprint density at radius 3 is 2.89 bits per heavy atom. The fraction of sp³-hybridized carbons (Fsp3) is 0.800. The second-order valence-electron chi connectivity index (χ2n) is 6.75. The zero-order chi connectivity index (χ0) is 13.0. The van der Waals surface area contributed by atoms with Crippen LogP contribution in [0.5, 0.6) is 0 Å². The maximum atomic E-state index is 11.6. The molecule has 0 radical (unpaired) electrons. The number of nitrogens with zero attached hydrogens (tertiary/aromatic N) is 2. The van der Waals surface area contributed by atoms with E-state index in [0.29, 0.717) is 30.3 Å². The van der Waals surface area contributed by atoms with Gasteiger partial charge in [-0.15, -0.1) is 0 Å². The molecule has 19 heavy (non-hydrogen) atoms. The van der Waals surface area contributed by atoms with Crippen molar-refractivity contribution in [3.05, 3.63) is 12.3 Å². The van der Waals surface area contributed by atoms with E-state index in [1.54, 1.807) is 6.08 Å². The van der Waals surface area contributed by atoms with Gasteiger partial charge in [0.1, 0.15) is 0 Å². The van der Waals surface area contributed by atoms with E-state index in [-0.39, 0.29) is 11.9 Å². The van der Waals surface area contributed by atoms with Crippen LogP contribution in [0.15, 0.2) is 12.3 Å². The zero-order valence-corrected chi connectivity index (χ0v) is 11.2. The number of aliphatic hydroxyl groups is 1. The van der Waals surface area contributed by atoms with Gasteiger partial charge in [0.15, 0.2) is 5.78 Å². The maximum Gasteiger partial charge on any atom is 0.159 e. The quantitative estimate of drug-likeness (QED) is 0.695. The third kappa shape index (κ3) is 1.93. The van der Waals surface area contributed by atoms with E-state index in [1.165, 1.54) is 6.42 Å². The molecule has 0 spiro atoms. The number of fused-ring (bicyclic) bond motifs is 6. The first-order chi connectivity index (χ1) is 9.20. The summed E-state index contributed by atoms with van der Waals surface area (Å²) in [4.78, 5) is 16.6. The smallest absolute Gasteiger partial charge is 0.159 e. The minimum Gasteiger partial charge on any atom is -0.393 e. The molecule has 0 unspecified atom stereocenters. The van der Waals surface area contributed by atoms with E-state index in [1.807, 2.05) is 6.20 Å². The van der Waals surface area contributed by atoms with Crippen LogP contribution in [0.2, 0.25) is 0 Å². The summed E-state index contributed by atoms with van der Waals surface area (Å²) in [6, 6.07) is 0.994. The average Bonchev–Trinajstić information content (AvgIpc) is 2.41. The lowest BCUT2D eigenvalue weighted by Gasteiger charge is -2.56. The highest BCUT2D eigenvalue weighted by molar-refractivity contribution is 5.90. The minimum atomic E-state index is -0.103. The van der Waals surface area contributed by atoms with Crippen LogP contribution in [-0.4, -0.2) is 58.5 Å². The zero-order valence-electron chi connectivity index (χ0n) is 11.2. The van der Waals surface area contributed by atoms with Gasteiger partial charge in [0.05, 0.1) is 6.10 Å². The average molecular weight is 262 g/mol. The standard InChI is InChI=1S/C15H22N2O2/c18-12-1-3-16-8-10-5-11(14(16)6-12)9-17-4-2-13(19)7-15(10)17/h1,3,10-11,13-15,19H,2,4-9H2/t10-,11-,13-,14+,15-/m0/s1. The molecule has 104 valence electrons. The lowest BCUT2D eigenvalue weighted by Crippen LogP contribution is -2.63. The summed E-state index contributed by atoms with van der Waals surface area (Å²) in [5.41, 5.74) is 0. The third-order valence-corrected chi connectivity index (χ3v) is 5.63. The van der Waals surface area contributed by atoms with Gasteiger partial charge in [-0.2, -0.15) is 0 Å². The Morgan fingerprint density at radius 2 is 2.00 bits per heavy atom. The summed E-state index contributed by atoms with van der Waals surface area (Å²) in [5, 5.41) is 9.91. The van der Waals surface area contributed by atoms with Crippen LogP contribution in [0.1, 0.15) is 25.7 Å². The van der Waals surface area contributed by atoms with Crippen molar-refractivity contribution in [1.29, 1.82) is 0 Å². The molecule has 0 saturated carbocycles. The Balaban J connectivity index is 1.59. The van der Waals surface area contributed by atoms with Crippen molar-refractivity contribution in [3.63, 3.8) is 0 Å². The SMILES string of the molecule is O=C1C=CN2C[C@@H]3C[C@@H](CN4CC[C@H](O)C[C@@H]34)[C@H]2C1. The normalized spacial score (nSPS) is 45.8. The van der Waals surface area contributed by atoms with Crippen LogP contribution >= 0.6 is 0 Å². The van der Waals surface area contributed by atoms with Gasteiger partial charge < -0.3 is 10.0 Å². The van der Waals surface area contributed by atoms with Crippen LogP contribution in [0.4, 0.5) is 0 Å². The first kappa shape index (κ1) is 11.9. The number of ketones is 1. The predicted molar refractivity (Wildman–Crippen MR) is 71.5 cm³/mol. The van der Waals surface area contributed by atoms with Gasteiger partial charge in [0.2, 0.25) is 0 Å². The lowest BCUT2D eigenvalue weighted by molar-refractivity contribution is -0.120. The Bertz CT molecular complexity index is 422. The van der Waals surface area contributed by atoms with Gasteiger partial charge in [0, 0.05) is 44.3 Å². The van der Waals surface area contributed by atoms with Crippen molar-refractivity contribution >= 4 is 5.78 Å². The van der Waals surface area contributed by atoms with E-state index in [9.17, 15) is 9.90 Å². The van der Waals surface area contributed by atoms with Crippen LogP contribution in [0.3, 0.4) is 0 Å². The number of rotatable bonds is 0. The Morgan fingerprint density at radius 1 is 1.16 bits per heavy atom. The molecular formula is C15H22N2O2. The van der Waals surface area contributed by atoms with Crippen molar-refractivity contribution in [2.75, 3.05) is 19.6 Å². The molecule has 3 saturated heterocycles. The maximum absolute atomic E-state index is 11.6. The molecule has 0 aromatic carbocycles. The first-order valence-electron chi connectivity index (χ1n) is 7.59. The highest BCUT2D eigenvalue weighted by atomic mass is 16.3. The molecule has 4 aliphatic heterocycles. The molecule has 4 heterocycles. The number of allylic oxidation sites excluding steroid dienone is 1. The molecule has 0 aromatic rings. The van der Waals surface area contributed by atoms with Crippen LogP contribution < -0.4 is 0 Å². The molecule has 5 atom stereocenters. The molecule has 2 bridgehead atoms. The largest absolute Gasteiger partial charge is 0.393 e. The Labute approximate surface area is 114 Å². The molecular weight excluding hydrogens is 240 g/mol. The van der Waals surface area contributed by atoms with Gasteiger partial charge in [-0.25, -0.2) is 0 Å². The topological polar surface area (TPSA) is 43.8 Å². The summed E-state index contributed by atoms with van der Waals surface area (Å²) >= 11 is 0. The molecule has 4 heteroatoms. The fourth-order valence-corrected chi connectivity index (χ4v) is 4.73. The van der Waals surface area contributed by atoms with E-state index in [4.69, 9.17) is 0 Å². The second kappa shape index (κ2) is 4.32. The van der Waals surface area contributed by atoms with Gasteiger partial charge >= 0.3 is 0 Å². The summed E-state index contributed by atoms with van der Waals surface area (Å²) in [6.45, 7) is 3.23. The summed E-state index contributed by atoms with van der Waals surface area (Å²) in [5.74, 6) is 1.60. The van der Waals surface area contributed by atoms with Crippen molar-refractivity contribution in [2.45, 2.75) is 43.9 Å². The second-order valence-corrected chi connectivity index (χ2v) is 6.75. The summed E-state index contributed by atoms with van der Waals surface area (Å²) in [7, 11) is 0.